The third-order valence-corrected chi connectivity index (χ3v) is 4.93. The maximum absolute atomic E-state index is 13.1. The van der Waals surface area contributed by atoms with Gasteiger partial charge < -0.3 is 10.8 Å². The van der Waals surface area contributed by atoms with E-state index < -0.39 is 17.5 Å². The van der Waals surface area contributed by atoms with E-state index in [4.69, 9.17) is 16.2 Å². The first kappa shape index (κ1) is 20.1. The summed E-state index contributed by atoms with van der Waals surface area (Å²) in [7, 11) is 0. The summed E-state index contributed by atoms with van der Waals surface area (Å²) in [5.41, 5.74) is 6.65. The predicted octanol–water partition coefficient (Wildman–Crippen LogP) is 2.74. The molecular formula is C21H22N4O4. The summed E-state index contributed by atoms with van der Waals surface area (Å²) in [6.07, 6.45) is 0.413. The van der Waals surface area contributed by atoms with Crippen LogP contribution in [0.5, 0.6) is 0 Å². The number of imide groups is 1. The highest BCUT2D eigenvalue weighted by Gasteiger charge is 2.52. The number of nitrogen functional groups attached to an aromatic ring is 1. The van der Waals surface area contributed by atoms with E-state index >= 15 is 0 Å². The van der Waals surface area contributed by atoms with Gasteiger partial charge in [-0.1, -0.05) is 12.1 Å². The summed E-state index contributed by atoms with van der Waals surface area (Å²) in [5.74, 6) is -1.34. The number of benzene rings is 2. The van der Waals surface area contributed by atoms with Gasteiger partial charge in [0, 0.05) is 17.7 Å². The lowest BCUT2D eigenvalue weighted by atomic mass is 10.0. The molecule has 0 atom stereocenters. The minimum Gasteiger partial charge on any atom is -0.481 e. The number of nitrogens with one attached hydrogen (secondary N) is 1. The lowest BCUT2D eigenvalue weighted by Gasteiger charge is -2.27. The van der Waals surface area contributed by atoms with Crippen LogP contribution in [0.25, 0.3) is 0 Å². The van der Waals surface area contributed by atoms with Crippen LogP contribution < -0.4 is 15.5 Å². The van der Waals surface area contributed by atoms with Gasteiger partial charge >= 0.3 is 12.0 Å². The highest BCUT2D eigenvalue weighted by molar-refractivity contribution is 6.30. The van der Waals surface area contributed by atoms with Crippen LogP contribution >= 0.6 is 0 Å². The summed E-state index contributed by atoms with van der Waals surface area (Å²) in [4.78, 5) is 39.4. The van der Waals surface area contributed by atoms with E-state index in [1.54, 1.807) is 62.4 Å². The number of nitrogens with two attached hydrogens (primary N) is 1. The van der Waals surface area contributed by atoms with E-state index in [0.29, 0.717) is 23.4 Å². The lowest BCUT2D eigenvalue weighted by molar-refractivity contribution is -0.137. The zero-order valence-corrected chi connectivity index (χ0v) is 16.2. The van der Waals surface area contributed by atoms with Crippen molar-refractivity contribution in [2.24, 2.45) is 5.73 Å². The second-order valence-corrected chi connectivity index (χ2v) is 7.34. The number of hydrogen-bond acceptors (Lipinski definition) is 4. The molecule has 150 valence electrons. The molecule has 4 N–H and O–H groups in total. The first-order valence-electron chi connectivity index (χ1n) is 9.07. The molecule has 0 bridgehead atoms. The van der Waals surface area contributed by atoms with Gasteiger partial charge in [0.05, 0.1) is 5.69 Å². The summed E-state index contributed by atoms with van der Waals surface area (Å²) in [6, 6.07) is 12.8. The molecule has 3 rings (SSSR count). The average Bonchev–Trinajstić information content (AvgIpc) is 2.85. The number of carbonyl (C=O) groups excluding carboxylic acids is 2. The number of carboxylic acid groups (broad SMARTS) is 1. The van der Waals surface area contributed by atoms with E-state index in [0.717, 1.165) is 10.5 Å². The van der Waals surface area contributed by atoms with Gasteiger partial charge in [-0.25, -0.2) is 9.69 Å². The molecule has 1 saturated heterocycles. The molecule has 1 aliphatic rings. The average molecular weight is 394 g/mol. The van der Waals surface area contributed by atoms with Gasteiger partial charge in [0.2, 0.25) is 0 Å². The number of amidine groups is 1. The molecule has 1 aliphatic heterocycles. The Morgan fingerprint density at radius 1 is 1.03 bits per heavy atom. The molecule has 0 unspecified atom stereocenters. The first-order valence-corrected chi connectivity index (χ1v) is 9.07. The minimum atomic E-state index is -1.10. The topological polar surface area (TPSA) is 128 Å². The maximum atomic E-state index is 13.1. The number of carboxylic acids is 1. The highest BCUT2D eigenvalue weighted by atomic mass is 16.4. The number of aryl methyl sites for hydroxylation is 1. The van der Waals surface area contributed by atoms with Crippen LogP contribution in [0.4, 0.5) is 16.2 Å². The Kier molecular flexibility index (Phi) is 5.11. The molecule has 0 saturated carbocycles. The van der Waals surface area contributed by atoms with E-state index in [2.05, 4.69) is 0 Å². The van der Waals surface area contributed by atoms with Crippen molar-refractivity contribution < 1.29 is 19.5 Å². The van der Waals surface area contributed by atoms with Crippen molar-refractivity contribution in [1.82, 2.24) is 0 Å². The van der Waals surface area contributed by atoms with Crippen LogP contribution in [0.1, 0.15) is 31.4 Å². The highest BCUT2D eigenvalue weighted by Crippen LogP contribution is 2.36. The zero-order chi connectivity index (χ0) is 21.3. The number of anilines is 2. The van der Waals surface area contributed by atoms with Crippen LogP contribution in [0.15, 0.2) is 48.5 Å². The molecule has 8 nitrogen and oxygen atoms in total. The van der Waals surface area contributed by atoms with Crippen LogP contribution in [0, 0.1) is 5.41 Å². The monoisotopic (exact) mass is 394 g/mol. The molecule has 0 aliphatic carbocycles. The quantitative estimate of drug-likeness (QED) is 0.394. The molecule has 0 radical (unpaired) electrons. The fourth-order valence-corrected chi connectivity index (χ4v) is 3.31. The standard InChI is InChI=1S/C21H22N4O4/c1-21(2)19(28)24(15-10-6-14(7-11-15)18(22)23)20(29)25(21)16-8-3-13(4-9-16)5-12-17(26)27/h3-4,6-11H,5,12H2,1-2H3,(H3,22,23)(H,26,27). The van der Waals surface area contributed by atoms with Crippen molar-refractivity contribution in [1.29, 1.82) is 5.41 Å². The third kappa shape index (κ3) is 3.69. The molecule has 1 fully saturated rings. The minimum absolute atomic E-state index is 0.0238. The van der Waals surface area contributed by atoms with Crippen LogP contribution in [-0.2, 0) is 16.0 Å². The Balaban J connectivity index is 1.90. The SMILES string of the molecule is CC1(C)C(=O)N(c2ccc(C(=N)N)cc2)C(=O)N1c1ccc(CCC(=O)O)cc1. The van der Waals surface area contributed by atoms with Gasteiger partial charge in [0.25, 0.3) is 5.91 Å². The Labute approximate surface area is 168 Å². The van der Waals surface area contributed by atoms with Crippen molar-refractivity contribution in [3.63, 3.8) is 0 Å². The second-order valence-electron chi connectivity index (χ2n) is 7.34. The molecule has 2 aromatic rings. The van der Waals surface area contributed by atoms with Gasteiger partial charge in [0.1, 0.15) is 11.4 Å². The molecule has 1 heterocycles. The smallest absolute Gasteiger partial charge is 0.336 e. The Bertz CT molecular complexity index is 981. The van der Waals surface area contributed by atoms with Crippen LogP contribution in [-0.4, -0.2) is 34.4 Å². The van der Waals surface area contributed by atoms with Gasteiger partial charge in [-0.05, 0) is 62.2 Å². The normalized spacial score (nSPS) is 15.7. The summed E-state index contributed by atoms with van der Waals surface area (Å²) < 4.78 is 0. The Morgan fingerprint density at radius 3 is 2.10 bits per heavy atom. The molecule has 29 heavy (non-hydrogen) atoms. The summed E-state index contributed by atoms with van der Waals surface area (Å²) >= 11 is 0. The number of hydrogen-bond donors (Lipinski definition) is 3. The molecule has 0 spiro atoms. The van der Waals surface area contributed by atoms with Crippen molar-refractivity contribution in [2.75, 3.05) is 9.80 Å². The zero-order valence-electron chi connectivity index (χ0n) is 16.2. The molecular weight excluding hydrogens is 372 g/mol. The number of nitrogens with zero attached hydrogens (tertiary/aromatic N) is 2. The van der Waals surface area contributed by atoms with Crippen LogP contribution in [0.3, 0.4) is 0 Å². The number of carbonyl (C=O) groups is 3. The van der Waals surface area contributed by atoms with E-state index in [-0.39, 0.29) is 18.2 Å². The number of urea groups is 1. The third-order valence-electron chi connectivity index (χ3n) is 4.93. The fraction of sp³-hybridized carbons (Fsp3) is 0.238. The Morgan fingerprint density at radius 2 is 1.59 bits per heavy atom. The Hall–Kier alpha value is -3.68. The van der Waals surface area contributed by atoms with E-state index in [1.807, 2.05) is 0 Å². The molecule has 3 amide bonds. The van der Waals surface area contributed by atoms with E-state index in [1.165, 1.54) is 4.90 Å². The van der Waals surface area contributed by atoms with Gasteiger partial charge in [-0.15, -0.1) is 0 Å². The van der Waals surface area contributed by atoms with Gasteiger partial charge in [-0.3, -0.25) is 19.9 Å². The first-order chi connectivity index (χ1) is 13.6. The van der Waals surface area contributed by atoms with Gasteiger partial charge in [0.15, 0.2) is 0 Å². The molecule has 0 aromatic heterocycles. The van der Waals surface area contributed by atoms with Crippen molar-refractivity contribution in [2.45, 2.75) is 32.2 Å². The number of amides is 3. The van der Waals surface area contributed by atoms with E-state index in [9.17, 15) is 14.4 Å². The van der Waals surface area contributed by atoms with Gasteiger partial charge in [-0.2, -0.15) is 0 Å². The predicted molar refractivity (Wildman–Crippen MR) is 109 cm³/mol. The number of rotatable bonds is 6. The van der Waals surface area contributed by atoms with Crippen molar-refractivity contribution >= 4 is 35.1 Å². The van der Waals surface area contributed by atoms with Crippen LogP contribution in [0.2, 0.25) is 0 Å². The molecule has 8 heteroatoms. The summed E-state index contributed by atoms with van der Waals surface area (Å²) in [6.45, 7) is 3.35. The lowest BCUT2D eigenvalue weighted by Crippen LogP contribution is -2.44. The van der Waals surface area contributed by atoms with Crippen molar-refractivity contribution in [3.8, 4) is 0 Å². The molecule has 2 aromatic carbocycles. The maximum Gasteiger partial charge on any atom is 0.336 e. The summed E-state index contributed by atoms with van der Waals surface area (Å²) in [5, 5.41) is 16.3. The second kappa shape index (κ2) is 7.38. The van der Waals surface area contributed by atoms with Crippen molar-refractivity contribution in [3.05, 3.63) is 59.7 Å². The largest absolute Gasteiger partial charge is 0.481 e. The number of aliphatic carboxylic acids is 1. The fourth-order valence-electron chi connectivity index (χ4n) is 3.31.